The fourth-order valence-corrected chi connectivity index (χ4v) is 2.60. The standard InChI is InChI=1S/C16H20/c1-9-7-11(3)16-14(6)12(4)10(2)8-15(16)13(9)5/h7-8H,1-6H3. The van der Waals surface area contributed by atoms with Crippen molar-refractivity contribution in [1.82, 2.24) is 0 Å². The lowest BCUT2D eigenvalue weighted by Crippen LogP contribution is -1.95. The van der Waals surface area contributed by atoms with Gasteiger partial charge >= 0.3 is 0 Å². The Kier molecular flexibility index (Phi) is 2.53. The predicted octanol–water partition coefficient (Wildman–Crippen LogP) is 4.69. The third-order valence-corrected chi connectivity index (χ3v) is 3.98. The molecule has 0 radical (unpaired) electrons. The quantitative estimate of drug-likeness (QED) is 0.594. The molecule has 2 aromatic carbocycles. The van der Waals surface area contributed by atoms with E-state index in [0.717, 1.165) is 0 Å². The van der Waals surface area contributed by atoms with Gasteiger partial charge in [-0.05, 0) is 85.7 Å². The highest BCUT2D eigenvalue weighted by Crippen LogP contribution is 2.31. The summed E-state index contributed by atoms with van der Waals surface area (Å²) in [7, 11) is 0. The molecule has 0 aromatic heterocycles. The molecule has 0 unspecified atom stereocenters. The summed E-state index contributed by atoms with van der Waals surface area (Å²) in [6, 6.07) is 4.65. The minimum Gasteiger partial charge on any atom is -0.0555 e. The summed E-state index contributed by atoms with van der Waals surface area (Å²) < 4.78 is 0. The molecule has 0 bridgehead atoms. The van der Waals surface area contributed by atoms with Gasteiger partial charge in [0.1, 0.15) is 0 Å². The van der Waals surface area contributed by atoms with Crippen LogP contribution in [-0.4, -0.2) is 0 Å². The summed E-state index contributed by atoms with van der Waals surface area (Å²) in [5, 5.41) is 2.88. The zero-order valence-electron chi connectivity index (χ0n) is 11.2. The summed E-state index contributed by atoms with van der Waals surface area (Å²) >= 11 is 0. The molecule has 0 fully saturated rings. The van der Waals surface area contributed by atoms with Gasteiger partial charge in [-0.2, -0.15) is 0 Å². The Hall–Kier alpha value is -1.30. The summed E-state index contributed by atoms with van der Waals surface area (Å²) in [5.41, 5.74) is 8.49. The maximum Gasteiger partial charge on any atom is -0.0120 e. The van der Waals surface area contributed by atoms with Crippen molar-refractivity contribution in [2.75, 3.05) is 0 Å². The van der Waals surface area contributed by atoms with Crippen molar-refractivity contribution in [1.29, 1.82) is 0 Å². The fraction of sp³-hybridized carbons (Fsp3) is 0.375. The van der Waals surface area contributed by atoms with Gasteiger partial charge in [-0.15, -0.1) is 0 Å². The zero-order valence-corrected chi connectivity index (χ0v) is 11.2. The first-order valence-electron chi connectivity index (χ1n) is 5.90. The third kappa shape index (κ3) is 1.44. The van der Waals surface area contributed by atoms with Crippen LogP contribution < -0.4 is 0 Å². The fourth-order valence-electron chi connectivity index (χ4n) is 2.60. The van der Waals surface area contributed by atoms with Gasteiger partial charge in [0, 0.05) is 0 Å². The van der Waals surface area contributed by atoms with Gasteiger partial charge in [-0.1, -0.05) is 12.1 Å². The summed E-state index contributed by atoms with van der Waals surface area (Å²) in [6.07, 6.45) is 0. The lowest BCUT2D eigenvalue weighted by atomic mass is 9.89. The van der Waals surface area contributed by atoms with Crippen LogP contribution in [0.3, 0.4) is 0 Å². The summed E-state index contributed by atoms with van der Waals surface area (Å²) in [5.74, 6) is 0. The number of hydrogen-bond acceptors (Lipinski definition) is 0. The van der Waals surface area contributed by atoms with Gasteiger partial charge in [0.2, 0.25) is 0 Å². The topological polar surface area (TPSA) is 0 Å². The molecular weight excluding hydrogens is 192 g/mol. The number of hydrogen-bond donors (Lipinski definition) is 0. The van der Waals surface area contributed by atoms with E-state index in [1.165, 1.54) is 44.2 Å². The van der Waals surface area contributed by atoms with Crippen LogP contribution in [-0.2, 0) is 0 Å². The Bertz CT molecular complexity index is 575. The second-order valence-corrected chi connectivity index (χ2v) is 5.00. The van der Waals surface area contributed by atoms with Gasteiger partial charge in [0.05, 0.1) is 0 Å². The highest BCUT2D eigenvalue weighted by atomic mass is 14.1. The Morgan fingerprint density at radius 3 is 1.75 bits per heavy atom. The number of benzene rings is 2. The average molecular weight is 212 g/mol. The lowest BCUT2D eigenvalue weighted by molar-refractivity contribution is 1.27. The van der Waals surface area contributed by atoms with Crippen LogP contribution in [0, 0.1) is 41.5 Å². The zero-order chi connectivity index (χ0) is 12.0. The van der Waals surface area contributed by atoms with E-state index in [1.54, 1.807) is 0 Å². The maximum absolute atomic E-state index is 2.34. The van der Waals surface area contributed by atoms with Crippen LogP contribution in [0.5, 0.6) is 0 Å². The molecular formula is C16H20. The SMILES string of the molecule is Cc1cc2c(C)c(C)cc(C)c2c(C)c1C. The number of aryl methyl sites for hydroxylation is 5. The molecule has 0 N–H and O–H groups in total. The molecule has 0 heterocycles. The summed E-state index contributed by atoms with van der Waals surface area (Å²) in [6.45, 7) is 13.3. The largest absolute Gasteiger partial charge is 0.0555 e. The van der Waals surface area contributed by atoms with Crippen molar-refractivity contribution in [3.05, 3.63) is 45.5 Å². The van der Waals surface area contributed by atoms with Crippen LogP contribution in [0.2, 0.25) is 0 Å². The van der Waals surface area contributed by atoms with E-state index in [0.29, 0.717) is 0 Å². The van der Waals surface area contributed by atoms with E-state index in [2.05, 4.69) is 53.7 Å². The predicted molar refractivity (Wildman–Crippen MR) is 72.4 cm³/mol. The Morgan fingerprint density at radius 1 is 0.562 bits per heavy atom. The molecule has 0 nitrogen and oxygen atoms in total. The lowest BCUT2D eigenvalue weighted by Gasteiger charge is -2.15. The molecule has 0 amide bonds. The van der Waals surface area contributed by atoms with E-state index in [1.807, 2.05) is 0 Å². The molecule has 0 saturated heterocycles. The molecule has 84 valence electrons. The van der Waals surface area contributed by atoms with Crippen LogP contribution in [0.4, 0.5) is 0 Å². The molecule has 0 spiro atoms. The van der Waals surface area contributed by atoms with Gasteiger partial charge < -0.3 is 0 Å². The van der Waals surface area contributed by atoms with Crippen molar-refractivity contribution in [2.24, 2.45) is 0 Å². The summed E-state index contributed by atoms with van der Waals surface area (Å²) in [4.78, 5) is 0. The number of rotatable bonds is 0. The molecule has 0 heteroatoms. The Morgan fingerprint density at radius 2 is 1.12 bits per heavy atom. The van der Waals surface area contributed by atoms with Crippen LogP contribution >= 0.6 is 0 Å². The molecule has 16 heavy (non-hydrogen) atoms. The Labute approximate surface area is 98.3 Å². The molecule has 2 rings (SSSR count). The van der Waals surface area contributed by atoms with E-state index in [-0.39, 0.29) is 0 Å². The van der Waals surface area contributed by atoms with Crippen molar-refractivity contribution >= 4 is 10.8 Å². The normalized spacial score (nSPS) is 11.1. The van der Waals surface area contributed by atoms with Crippen molar-refractivity contribution in [3.8, 4) is 0 Å². The van der Waals surface area contributed by atoms with Crippen molar-refractivity contribution < 1.29 is 0 Å². The number of fused-ring (bicyclic) bond motifs is 1. The average Bonchev–Trinajstić information content (AvgIpc) is 2.22. The molecule has 0 aliphatic heterocycles. The Balaban J connectivity index is 3.07. The monoisotopic (exact) mass is 212 g/mol. The van der Waals surface area contributed by atoms with Gasteiger partial charge in [0.15, 0.2) is 0 Å². The molecule has 2 aromatic rings. The van der Waals surface area contributed by atoms with Gasteiger partial charge in [0.25, 0.3) is 0 Å². The van der Waals surface area contributed by atoms with Crippen molar-refractivity contribution in [2.45, 2.75) is 41.5 Å². The minimum absolute atomic E-state index is 1.40. The second kappa shape index (κ2) is 3.62. The molecule has 0 aliphatic rings. The smallest absolute Gasteiger partial charge is 0.0120 e. The van der Waals surface area contributed by atoms with E-state index < -0.39 is 0 Å². The minimum atomic E-state index is 1.40. The van der Waals surface area contributed by atoms with Crippen molar-refractivity contribution in [3.63, 3.8) is 0 Å². The van der Waals surface area contributed by atoms with Crippen LogP contribution in [0.1, 0.15) is 33.4 Å². The first-order chi connectivity index (χ1) is 7.43. The maximum atomic E-state index is 2.34. The molecule has 0 atom stereocenters. The van der Waals surface area contributed by atoms with Crippen LogP contribution in [0.25, 0.3) is 10.8 Å². The first-order valence-corrected chi connectivity index (χ1v) is 5.90. The van der Waals surface area contributed by atoms with Gasteiger partial charge in [-0.3, -0.25) is 0 Å². The van der Waals surface area contributed by atoms with E-state index in [4.69, 9.17) is 0 Å². The molecule has 0 aliphatic carbocycles. The second-order valence-electron chi connectivity index (χ2n) is 5.00. The third-order valence-electron chi connectivity index (χ3n) is 3.98. The first kappa shape index (κ1) is 11.2. The van der Waals surface area contributed by atoms with Crippen LogP contribution in [0.15, 0.2) is 12.1 Å². The van der Waals surface area contributed by atoms with E-state index in [9.17, 15) is 0 Å². The van der Waals surface area contributed by atoms with Gasteiger partial charge in [-0.25, -0.2) is 0 Å². The van der Waals surface area contributed by atoms with E-state index >= 15 is 0 Å². The highest BCUT2D eigenvalue weighted by molar-refractivity contribution is 5.93. The molecule has 0 saturated carbocycles. The highest BCUT2D eigenvalue weighted by Gasteiger charge is 2.09.